The van der Waals surface area contributed by atoms with Gasteiger partial charge in [0.25, 0.3) is 0 Å². The van der Waals surface area contributed by atoms with E-state index in [1.807, 2.05) is 192 Å². The molecule has 10 aromatic carbocycles. The molecule has 6 aliphatic heterocycles. The summed E-state index contributed by atoms with van der Waals surface area (Å²) < 4.78 is 130. The van der Waals surface area contributed by atoms with Crippen molar-refractivity contribution < 1.29 is 83.7 Å². The van der Waals surface area contributed by atoms with Crippen LogP contribution in [0.15, 0.2) is 170 Å². The van der Waals surface area contributed by atoms with Crippen molar-refractivity contribution in [2.24, 2.45) is 0 Å². The van der Waals surface area contributed by atoms with Crippen LogP contribution in [0.25, 0.3) is 0 Å². The van der Waals surface area contributed by atoms with Crippen LogP contribution in [0, 0.1) is 42.9 Å². The Balaban J connectivity index is 0.000000130. The van der Waals surface area contributed by atoms with Gasteiger partial charge < -0.3 is 58.0 Å². The Morgan fingerprint density at radius 2 is 0.634 bits per heavy atom. The number of nitrogens with one attached hydrogen (secondary N) is 2. The fourth-order valence-corrected chi connectivity index (χ4v) is 13.7. The van der Waals surface area contributed by atoms with Gasteiger partial charge in [0.15, 0.2) is 40.1 Å². The first-order chi connectivity index (χ1) is 48.3. The number of carbonyl (C=O) groups excluding carboxylic acids is 3. The minimum Gasteiger partial charge on any atom is -0.491 e. The Hall–Kier alpha value is -11.5. The molecule has 0 aliphatic carbocycles. The molecule has 0 bridgehead atoms. The fourth-order valence-electron chi connectivity index (χ4n) is 13.7. The third kappa shape index (κ3) is 11.2. The molecule has 0 amide bonds. The standard InChI is InChI=1S/C30H20F5NO4.C26H24O5.C25H23NO4/c1-13(2)38-16-6-9-20-22(12-16)39-21-10-14(3)4-7-19(21)30(20)18-8-5-15(11-17(18)29(37)40-30)36-28-26(34)24(32)23(31)25(33)27(28)35;1-15(2)28-17-9-11-21-23(13-17)30-24-14-18(29-16(3)4)10-12-22(24)26(21)20-8-6-5-7-19(20)25(27)31-26;1-14(2)28-17-7-10-21-23(13-17)29-22-11-15(3)5-8-20(22)25(21)19-9-6-16(26-4)12-18(19)24(27)30-25/h4-13,36H,1-3H3;5-16H,1-4H3;5-14,26H,1-4H3. The summed E-state index contributed by atoms with van der Waals surface area (Å²) in [5.41, 5.74) is 5.36. The van der Waals surface area contributed by atoms with Gasteiger partial charge in [-0.2, -0.15) is 0 Å². The number of carbonyl (C=O) groups is 3. The quantitative estimate of drug-likeness (QED) is 0.0412. The van der Waals surface area contributed by atoms with Crippen LogP contribution >= 0.6 is 0 Å². The van der Waals surface area contributed by atoms with Gasteiger partial charge in [-0.25, -0.2) is 36.3 Å². The van der Waals surface area contributed by atoms with Crippen LogP contribution in [0.2, 0.25) is 0 Å². The lowest BCUT2D eigenvalue weighted by Crippen LogP contribution is -2.33. The van der Waals surface area contributed by atoms with E-state index < -0.39 is 57.5 Å². The van der Waals surface area contributed by atoms with Crippen molar-refractivity contribution in [1.29, 1.82) is 0 Å². The second-order valence-corrected chi connectivity index (χ2v) is 26.2. The molecule has 16 rings (SSSR count). The Bertz CT molecular complexity index is 5000. The van der Waals surface area contributed by atoms with Crippen molar-refractivity contribution in [3.63, 3.8) is 0 Å². The zero-order valence-corrected chi connectivity index (χ0v) is 56.7. The summed E-state index contributed by atoms with van der Waals surface area (Å²) >= 11 is 0. The molecule has 2 unspecified atom stereocenters. The molecule has 0 aromatic heterocycles. The van der Waals surface area contributed by atoms with Crippen molar-refractivity contribution in [2.75, 3.05) is 17.7 Å². The van der Waals surface area contributed by atoms with E-state index in [-0.39, 0.29) is 47.6 Å². The molecule has 10 aromatic rings. The molecule has 0 saturated heterocycles. The number of hydrogen-bond donors (Lipinski definition) is 2. The summed E-state index contributed by atoms with van der Waals surface area (Å²) in [5, 5.41) is 5.31. The molecule has 0 radical (unpaired) electrons. The number of aryl methyl sites for hydroxylation is 2. The lowest BCUT2D eigenvalue weighted by Gasteiger charge is -2.36. The molecule has 514 valence electrons. The molecule has 20 heteroatoms. The molecule has 6 aliphatic rings. The van der Waals surface area contributed by atoms with Crippen molar-refractivity contribution in [2.45, 2.75) is 110 Å². The second kappa shape index (κ2) is 25.3. The van der Waals surface area contributed by atoms with Crippen molar-refractivity contribution in [3.8, 4) is 57.5 Å². The number of esters is 3. The monoisotopic (exact) mass is 1370 g/mol. The smallest absolute Gasteiger partial charge is 0.340 e. The van der Waals surface area contributed by atoms with Crippen LogP contribution in [0.1, 0.15) is 148 Å². The van der Waals surface area contributed by atoms with E-state index in [1.165, 1.54) is 18.2 Å². The molecular formula is C81H67F5N2O13. The maximum absolute atomic E-state index is 14.3. The van der Waals surface area contributed by atoms with Crippen LogP contribution in [0.5, 0.6) is 57.5 Å². The predicted octanol–water partition coefficient (Wildman–Crippen LogP) is 19.0. The highest BCUT2D eigenvalue weighted by Crippen LogP contribution is 2.61. The van der Waals surface area contributed by atoms with E-state index in [0.29, 0.717) is 85.3 Å². The minimum atomic E-state index is -2.27. The summed E-state index contributed by atoms with van der Waals surface area (Å²) in [6, 6.07) is 51.0. The Morgan fingerprint density at radius 3 is 1.00 bits per heavy atom. The van der Waals surface area contributed by atoms with Gasteiger partial charge in [0.05, 0.1) is 41.1 Å². The number of fused-ring (bicyclic) bond motifs is 18. The number of anilines is 3. The molecular weight excluding hydrogens is 1300 g/mol. The molecule has 101 heavy (non-hydrogen) atoms. The second-order valence-electron chi connectivity index (χ2n) is 26.2. The first-order valence-corrected chi connectivity index (χ1v) is 32.9. The maximum atomic E-state index is 14.3. The average molecular weight is 1370 g/mol. The highest BCUT2D eigenvalue weighted by molar-refractivity contribution is 6.00. The Kier molecular flexibility index (Phi) is 16.7. The number of ether oxygens (including phenoxy) is 10. The SMILES string of the molecule is CC(C)Oc1ccc2c(c1)Oc1cc(OC(C)C)ccc1C21OC(=O)c2ccccc21.CNc1ccc2c(c1)C(=O)OC21c2ccc(C)cc2Oc2cc(OC(C)C)ccc21.Cc1ccc2c(c1)Oc1cc(OC(C)C)ccc1C21OC(=O)c2cc(Nc3c(F)c(F)c(F)c(F)c3F)ccc21. The topological polar surface area (TPSA) is 168 Å². The third-order valence-corrected chi connectivity index (χ3v) is 17.8. The normalized spacial score (nSPS) is 16.8. The van der Waals surface area contributed by atoms with Crippen LogP contribution in [-0.2, 0) is 31.0 Å². The average Bonchev–Trinajstić information content (AvgIpc) is 1.62. The Labute approximate surface area is 578 Å². The van der Waals surface area contributed by atoms with Gasteiger partial charge in [-0.15, -0.1) is 0 Å². The van der Waals surface area contributed by atoms with Gasteiger partial charge in [-0.1, -0.05) is 54.6 Å². The van der Waals surface area contributed by atoms with Crippen molar-refractivity contribution >= 4 is 35.0 Å². The first-order valence-electron chi connectivity index (χ1n) is 32.9. The van der Waals surface area contributed by atoms with Crippen LogP contribution in [-0.4, -0.2) is 49.4 Å². The van der Waals surface area contributed by atoms with Gasteiger partial charge >= 0.3 is 17.9 Å². The molecule has 3 spiro atoms. The van der Waals surface area contributed by atoms with Crippen LogP contribution < -0.4 is 43.8 Å². The van der Waals surface area contributed by atoms with E-state index in [1.54, 1.807) is 36.4 Å². The van der Waals surface area contributed by atoms with Crippen molar-refractivity contribution in [3.05, 3.63) is 277 Å². The minimum absolute atomic E-state index is 0.0268. The first kappa shape index (κ1) is 66.7. The van der Waals surface area contributed by atoms with Gasteiger partial charge in [-0.3, -0.25) is 0 Å². The molecule has 0 saturated carbocycles. The van der Waals surface area contributed by atoms with E-state index >= 15 is 0 Å². The van der Waals surface area contributed by atoms with Gasteiger partial charge in [-0.05, 0) is 171 Å². The number of halogens is 5. The zero-order chi connectivity index (χ0) is 71.3. The third-order valence-electron chi connectivity index (χ3n) is 17.8. The molecule has 0 fully saturated rings. The van der Waals surface area contributed by atoms with E-state index in [4.69, 9.17) is 47.4 Å². The van der Waals surface area contributed by atoms with Crippen LogP contribution in [0.4, 0.5) is 39.0 Å². The number of benzene rings is 10. The predicted molar refractivity (Wildman–Crippen MR) is 366 cm³/mol. The largest absolute Gasteiger partial charge is 0.491 e. The lowest BCUT2D eigenvalue weighted by molar-refractivity contribution is 0.0213. The zero-order valence-electron chi connectivity index (χ0n) is 56.7. The van der Waals surface area contributed by atoms with Crippen LogP contribution in [0.3, 0.4) is 0 Å². The summed E-state index contributed by atoms with van der Waals surface area (Å²) in [7, 11) is 1.83. The Morgan fingerprint density at radius 1 is 0.337 bits per heavy atom. The molecule has 2 atom stereocenters. The molecule has 6 heterocycles. The van der Waals surface area contributed by atoms with E-state index in [2.05, 4.69) is 10.6 Å². The number of rotatable bonds is 11. The summed E-state index contributed by atoms with van der Waals surface area (Å²) in [5.74, 6) is -5.94. The van der Waals surface area contributed by atoms with Gasteiger partial charge in [0.1, 0.15) is 63.2 Å². The molecule has 2 N–H and O–H groups in total. The summed E-state index contributed by atoms with van der Waals surface area (Å²) in [6.07, 6.45) is -0.00289. The van der Waals surface area contributed by atoms with E-state index in [9.17, 15) is 36.3 Å². The molecule has 15 nitrogen and oxygen atoms in total. The van der Waals surface area contributed by atoms with E-state index in [0.717, 1.165) is 50.2 Å². The summed E-state index contributed by atoms with van der Waals surface area (Å²) in [4.78, 5) is 39.2. The fraction of sp³-hybridized carbons (Fsp3) is 0.222. The van der Waals surface area contributed by atoms with Gasteiger partial charge in [0.2, 0.25) is 5.82 Å². The maximum Gasteiger partial charge on any atom is 0.340 e. The summed E-state index contributed by atoms with van der Waals surface area (Å²) in [6.45, 7) is 19.5. The van der Waals surface area contributed by atoms with Crippen molar-refractivity contribution in [1.82, 2.24) is 0 Å². The highest BCUT2D eigenvalue weighted by atomic mass is 19.2. The number of hydrogen-bond acceptors (Lipinski definition) is 15. The van der Waals surface area contributed by atoms with Gasteiger partial charge in [0, 0.05) is 92.8 Å². The highest BCUT2D eigenvalue weighted by Gasteiger charge is 2.57. The lowest BCUT2D eigenvalue weighted by atomic mass is 9.77.